The van der Waals surface area contributed by atoms with Gasteiger partial charge in [-0.2, -0.15) is 13.2 Å². The topological polar surface area (TPSA) is 47.6 Å². The van der Waals surface area contributed by atoms with Crippen molar-refractivity contribution in [3.05, 3.63) is 0 Å². The highest BCUT2D eigenvalue weighted by Gasteiger charge is 2.42. The number of amides is 1. The second-order valence-electron chi connectivity index (χ2n) is 4.18. The first-order valence-electron chi connectivity index (χ1n) is 5.31. The first-order chi connectivity index (χ1) is 7.75. The van der Waals surface area contributed by atoms with Gasteiger partial charge < -0.3 is 14.8 Å². The number of rotatable bonds is 2. The molecule has 1 rings (SSSR count). The van der Waals surface area contributed by atoms with Crippen LogP contribution in [0.15, 0.2) is 0 Å². The zero-order chi connectivity index (χ0) is 13.2. The Balaban J connectivity index is 2.65. The third-order valence-electron chi connectivity index (χ3n) is 3.02. The van der Waals surface area contributed by atoms with Gasteiger partial charge in [-0.15, -0.1) is 0 Å². The standard InChI is InChI=1S/C10H16F3NO3/c1-5-6(2)17-8(16-3)4-7(5)14-9(15)10(11,12)13/h5-8H,4H2,1-3H3,(H,14,15)/t5-,6-,7-,8?/m0/s1. The number of ether oxygens (including phenoxy) is 2. The summed E-state index contributed by atoms with van der Waals surface area (Å²) in [5, 5.41) is 1.98. The molecular weight excluding hydrogens is 239 g/mol. The van der Waals surface area contributed by atoms with E-state index in [2.05, 4.69) is 0 Å². The van der Waals surface area contributed by atoms with Gasteiger partial charge in [0.25, 0.3) is 0 Å². The molecule has 0 bridgehead atoms. The molecule has 0 aromatic carbocycles. The van der Waals surface area contributed by atoms with Crippen molar-refractivity contribution in [1.29, 1.82) is 0 Å². The molecule has 0 aromatic heterocycles. The van der Waals surface area contributed by atoms with E-state index in [9.17, 15) is 18.0 Å². The molecule has 1 amide bonds. The Morgan fingerprint density at radius 3 is 2.47 bits per heavy atom. The third kappa shape index (κ3) is 3.57. The average molecular weight is 255 g/mol. The highest BCUT2D eigenvalue weighted by atomic mass is 19.4. The van der Waals surface area contributed by atoms with Crippen LogP contribution in [0.3, 0.4) is 0 Å². The molecule has 4 nitrogen and oxygen atoms in total. The summed E-state index contributed by atoms with van der Waals surface area (Å²) >= 11 is 0. The summed E-state index contributed by atoms with van der Waals surface area (Å²) in [7, 11) is 1.41. The molecule has 1 fully saturated rings. The van der Waals surface area contributed by atoms with Crippen LogP contribution >= 0.6 is 0 Å². The van der Waals surface area contributed by atoms with Gasteiger partial charge in [0.1, 0.15) is 0 Å². The highest BCUT2D eigenvalue weighted by molar-refractivity contribution is 5.81. The van der Waals surface area contributed by atoms with E-state index in [1.165, 1.54) is 7.11 Å². The molecule has 7 heteroatoms. The molecule has 4 atom stereocenters. The Bertz CT molecular complexity index is 282. The quantitative estimate of drug-likeness (QED) is 0.812. The Kier molecular flexibility index (Phi) is 4.37. The number of nitrogens with one attached hydrogen (secondary N) is 1. The second kappa shape index (κ2) is 5.22. The number of hydrogen-bond donors (Lipinski definition) is 1. The summed E-state index contributed by atoms with van der Waals surface area (Å²) in [6.45, 7) is 3.47. The lowest BCUT2D eigenvalue weighted by Crippen LogP contribution is -2.53. The van der Waals surface area contributed by atoms with Gasteiger partial charge in [-0.1, -0.05) is 6.92 Å². The average Bonchev–Trinajstić information content (AvgIpc) is 2.22. The first kappa shape index (κ1) is 14.2. The minimum atomic E-state index is -4.86. The molecule has 1 unspecified atom stereocenters. The van der Waals surface area contributed by atoms with Gasteiger partial charge in [0.2, 0.25) is 0 Å². The maximum atomic E-state index is 12.1. The van der Waals surface area contributed by atoms with Crippen molar-refractivity contribution in [3.63, 3.8) is 0 Å². The van der Waals surface area contributed by atoms with Crippen LogP contribution in [-0.4, -0.2) is 37.6 Å². The summed E-state index contributed by atoms with van der Waals surface area (Å²) in [5.74, 6) is -2.12. The molecule has 0 saturated carbocycles. The minimum absolute atomic E-state index is 0.201. The van der Waals surface area contributed by atoms with Crippen LogP contribution in [0.25, 0.3) is 0 Å². The van der Waals surface area contributed by atoms with E-state index in [1.807, 2.05) is 5.32 Å². The van der Waals surface area contributed by atoms with Gasteiger partial charge in [0.05, 0.1) is 6.10 Å². The van der Waals surface area contributed by atoms with E-state index < -0.39 is 24.4 Å². The molecule has 1 saturated heterocycles. The summed E-state index contributed by atoms with van der Waals surface area (Å²) < 4.78 is 46.7. The molecule has 0 spiro atoms. The van der Waals surface area contributed by atoms with E-state index >= 15 is 0 Å². The molecule has 0 aliphatic carbocycles. The fourth-order valence-electron chi connectivity index (χ4n) is 1.76. The number of halogens is 3. The summed E-state index contributed by atoms with van der Waals surface area (Å²) in [4.78, 5) is 10.9. The van der Waals surface area contributed by atoms with Crippen molar-refractivity contribution in [2.24, 2.45) is 5.92 Å². The summed E-state index contributed by atoms with van der Waals surface area (Å²) in [5.41, 5.74) is 0. The predicted octanol–water partition coefficient (Wildman–Crippen LogP) is 1.45. The maximum Gasteiger partial charge on any atom is 0.471 e. The van der Waals surface area contributed by atoms with Crippen molar-refractivity contribution in [3.8, 4) is 0 Å². The lowest BCUT2D eigenvalue weighted by Gasteiger charge is -2.38. The molecule has 17 heavy (non-hydrogen) atoms. The fraction of sp³-hybridized carbons (Fsp3) is 0.900. The van der Waals surface area contributed by atoms with Crippen LogP contribution in [0.1, 0.15) is 20.3 Å². The van der Waals surface area contributed by atoms with E-state index in [4.69, 9.17) is 9.47 Å². The van der Waals surface area contributed by atoms with Gasteiger partial charge in [-0.05, 0) is 6.92 Å². The Labute approximate surface area is 97.5 Å². The van der Waals surface area contributed by atoms with Gasteiger partial charge in [-0.3, -0.25) is 4.79 Å². The van der Waals surface area contributed by atoms with Crippen LogP contribution in [0.2, 0.25) is 0 Å². The largest absolute Gasteiger partial charge is 0.471 e. The SMILES string of the molecule is COC1C[C@H](NC(=O)C(F)(F)F)[C@@H](C)[C@H](C)O1. The lowest BCUT2D eigenvalue weighted by atomic mass is 9.91. The van der Waals surface area contributed by atoms with Crippen molar-refractivity contribution in [2.75, 3.05) is 7.11 Å². The Morgan fingerprint density at radius 2 is 2.00 bits per heavy atom. The number of alkyl halides is 3. The second-order valence-corrected chi connectivity index (χ2v) is 4.18. The molecule has 0 radical (unpaired) electrons. The highest BCUT2D eigenvalue weighted by Crippen LogP contribution is 2.26. The van der Waals surface area contributed by atoms with Crippen molar-refractivity contribution in [2.45, 2.75) is 44.9 Å². The molecule has 100 valence electrons. The lowest BCUT2D eigenvalue weighted by molar-refractivity contribution is -0.203. The van der Waals surface area contributed by atoms with Gasteiger partial charge in [-0.25, -0.2) is 0 Å². The van der Waals surface area contributed by atoms with Gasteiger partial charge in [0.15, 0.2) is 6.29 Å². The van der Waals surface area contributed by atoms with E-state index in [1.54, 1.807) is 13.8 Å². The maximum absolute atomic E-state index is 12.1. The van der Waals surface area contributed by atoms with E-state index in [0.717, 1.165) is 0 Å². The van der Waals surface area contributed by atoms with Crippen molar-refractivity contribution < 1.29 is 27.4 Å². The molecule has 1 aliphatic heterocycles. The predicted molar refractivity (Wildman–Crippen MR) is 53.1 cm³/mol. The molecule has 1 N–H and O–H groups in total. The zero-order valence-electron chi connectivity index (χ0n) is 9.88. The third-order valence-corrected chi connectivity index (χ3v) is 3.02. The molecular formula is C10H16F3NO3. The molecule has 1 aliphatic rings. The smallest absolute Gasteiger partial charge is 0.356 e. The Morgan fingerprint density at radius 1 is 1.41 bits per heavy atom. The van der Waals surface area contributed by atoms with Crippen LogP contribution in [0, 0.1) is 5.92 Å². The van der Waals surface area contributed by atoms with Crippen LogP contribution in [0.4, 0.5) is 13.2 Å². The van der Waals surface area contributed by atoms with Crippen molar-refractivity contribution >= 4 is 5.91 Å². The number of carbonyl (C=O) groups is 1. The number of hydrogen-bond acceptors (Lipinski definition) is 3. The van der Waals surface area contributed by atoms with E-state index in [-0.39, 0.29) is 18.4 Å². The summed E-state index contributed by atoms with van der Waals surface area (Å²) in [6, 6.07) is -0.599. The van der Waals surface area contributed by atoms with Gasteiger partial charge in [0, 0.05) is 25.5 Å². The van der Waals surface area contributed by atoms with Crippen LogP contribution < -0.4 is 5.32 Å². The number of methoxy groups -OCH3 is 1. The van der Waals surface area contributed by atoms with Crippen LogP contribution in [0.5, 0.6) is 0 Å². The van der Waals surface area contributed by atoms with Crippen LogP contribution in [-0.2, 0) is 14.3 Å². The zero-order valence-corrected chi connectivity index (χ0v) is 9.88. The van der Waals surface area contributed by atoms with Gasteiger partial charge >= 0.3 is 12.1 Å². The molecule has 0 aromatic rings. The summed E-state index contributed by atoms with van der Waals surface area (Å²) in [6.07, 6.45) is -5.50. The molecule has 1 heterocycles. The monoisotopic (exact) mass is 255 g/mol. The minimum Gasteiger partial charge on any atom is -0.356 e. The first-order valence-corrected chi connectivity index (χ1v) is 5.31. The fourth-order valence-corrected chi connectivity index (χ4v) is 1.76. The van der Waals surface area contributed by atoms with E-state index in [0.29, 0.717) is 0 Å². The van der Waals surface area contributed by atoms with Crippen molar-refractivity contribution in [1.82, 2.24) is 5.32 Å². The number of carbonyl (C=O) groups excluding carboxylic acids is 1. The normalized spacial score (nSPS) is 34.5. The Hall–Kier alpha value is -0.820.